The summed E-state index contributed by atoms with van der Waals surface area (Å²) < 4.78 is 12.3. The summed E-state index contributed by atoms with van der Waals surface area (Å²) >= 11 is 0. The molecule has 2 N–H and O–H groups in total. The fourth-order valence-corrected chi connectivity index (χ4v) is 1.80. The molecule has 0 amide bonds. The molecule has 0 bridgehead atoms. The number of alkyl halides is 1. The molecule has 1 aliphatic carbocycles. The van der Waals surface area contributed by atoms with Crippen molar-refractivity contribution >= 4 is 0 Å². The van der Waals surface area contributed by atoms with Crippen LogP contribution < -0.4 is 5.73 Å². The quantitative estimate of drug-likeness (QED) is 0.629. The predicted molar refractivity (Wildman–Crippen MR) is 40.5 cm³/mol. The first kappa shape index (κ1) is 7.99. The van der Waals surface area contributed by atoms with Gasteiger partial charge in [0.2, 0.25) is 0 Å². The van der Waals surface area contributed by atoms with E-state index in [0.717, 1.165) is 12.8 Å². The molecule has 1 saturated carbocycles. The van der Waals surface area contributed by atoms with E-state index < -0.39 is 0 Å². The van der Waals surface area contributed by atoms with Gasteiger partial charge in [0.05, 0.1) is 6.67 Å². The van der Waals surface area contributed by atoms with Crippen LogP contribution in [0.5, 0.6) is 0 Å². The number of nitrogens with two attached hydrogens (primary N) is 1. The van der Waals surface area contributed by atoms with Crippen molar-refractivity contribution in [1.82, 2.24) is 0 Å². The van der Waals surface area contributed by atoms with E-state index in [2.05, 4.69) is 0 Å². The Hall–Kier alpha value is -0.110. The maximum absolute atomic E-state index is 12.3. The summed E-state index contributed by atoms with van der Waals surface area (Å²) in [5, 5.41) is 0. The van der Waals surface area contributed by atoms with Crippen molar-refractivity contribution in [3.63, 3.8) is 0 Å². The number of halogens is 1. The van der Waals surface area contributed by atoms with E-state index >= 15 is 0 Å². The molecule has 0 aromatic heterocycles. The molecule has 0 heterocycles. The molecule has 0 radical (unpaired) electrons. The third-order valence-electron chi connectivity index (χ3n) is 2.57. The van der Waals surface area contributed by atoms with Gasteiger partial charge in [0.15, 0.2) is 0 Å². The van der Waals surface area contributed by atoms with Crippen molar-refractivity contribution in [2.24, 2.45) is 17.6 Å². The molecule has 2 atom stereocenters. The molecule has 0 unspecified atom stereocenters. The molecule has 0 aromatic rings. The SMILES string of the molecule is NC[C@@H]1CCCC[C@@H]1CF. The minimum atomic E-state index is -0.165. The Morgan fingerprint density at radius 1 is 1.20 bits per heavy atom. The Balaban J connectivity index is 2.34. The van der Waals surface area contributed by atoms with Gasteiger partial charge < -0.3 is 5.73 Å². The van der Waals surface area contributed by atoms with Crippen molar-refractivity contribution in [3.05, 3.63) is 0 Å². The molecule has 1 rings (SSSR count). The van der Waals surface area contributed by atoms with Gasteiger partial charge in [0.25, 0.3) is 0 Å². The topological polar surface area (TPSA) is 26.0 Å². The van der Waals surface area contributed by atoms with Crippen LogP contribution in [0, 0.1) is 11.8 Å². The highest BCUT2D eigenvalue weighted by Crippen LogP contribution is 2.29. The first-order valence-electron chi connectivity index (χ1n) is 4.14. The van der Waals surface area contributed by atoms with Gasteiger partial charge in [-0.05, 0) is 31.2 Å². The predicted octanol–water partition coefficient (Wildman–Crippen LogP) is 1.72. The van der Waals surface area contributed by atoms with E-state index in [1.807, 2.05) is 0 Å². The molecular formula is C8H16FN. The monoisotopic (exact) mass is 145 g/mol. The van der Waals surface area contributed by atoms with E-state index in [0.29, 0.717) is 12.5 Å². The molecule has 1 aliphatic rings. The summed E-state index contributed by atoms with van der Waals surface area (Å²) in [5.41, 5.74) is 5.50. The zero-order valence-corrected chi connectivity index (χ0v) is 6.35. The summed E-state index contributed by atoms with van der Waals surface area (Å²) in [6.07, 6.45) is 4.65. The van der Waals surface area contributed by atoms with Crippen LogP contribution >= 0.6 is 0 Å². The molecule has 2 heteroatoms. The van der Waals surface area contributed by atoms with Gasteiger partial charge >= 0.3 is 0 Å². The van der Waals surface area contributed by atoms with Crippen LogP contribution in [0.3, 0.4) is 0 Å². The van der Waals surface area contributed by atoms with Gasteiger partial charge in [0, 0.05) is 0 Å². The van der Waals surface area contributed by atoms with Crippen molar-refractivity contribution in [2.75, 3.05) is 13.2 Å². The second-order valence-corrected chi connectivity index (χ2v) is 3.19. The maximum Gasteiger partial charge on any atom is 0.0925 e. The van der Waals surface area contributed by atoms with Crippen LogP contribution in [-0.4, -0.2) is 13.2 Å². The summed E-state index contributed by atoms with van der Waals surface area (Å²) in [7, 11) is 0. The molecule has 1 nitrogen and oxygen atoms in total. The van der Waals surface area contributed by atoms with Crippen molar-refractivity contribution in [2.45, 2.75) is 25.7 Å². The fourth-order valence-electron chi connectivity index (χ4n) is 1.80. The third-order valence-corrected chi connectivity index (χ3v) is 2.57. The minimum Gasteiger partial charge on any atom is -0.330 e. The molecule has 60 valence electrons. The van der Waals surface area contributed by atoms with Gasteiger partial charge in [-0.1, -0.05) is 12.8 Å². The standard InChI is InChI=1S/C8H16FN/c9-5-7-3-1-2-4-8(7)6-10/h7-8H,1-6,10H2/t7-,8+/m1/s1. The highest BCUT2D eigenvalue weighted by Gasteiger charge is 2.23. The van der Waals surface area contributed by atoms with E-state index in [1.54, 1.807) is 0 Å². The zero-order valence-electron chi connectivity index (χ0n) is 6.35. The first-order valence-corrected chi connectivity index (χ1v) is 4.14. The highest BCUT2D eigenvalue weighted by atomic mass is 19.1. The number of hydrogen-bond acceptors (Lipinski definition) is 1. The second-order valence-electron chi connectivity index (χ2n) is 3.19. The Kier molecular flexibility index (Phi) is 3.13. The summed E-state index contributed by atoms with van der Waals surface area (Å²) in [6.45, 7) is 0.510. The largest absolute Gasteiger partial charge is 0.330 e. The average Bonchev–Trinajstić information content (AvgIpc) is 2.04. The molecule has 0 aromatic carbocycles. The lowest BCUT2D eigenvalue weighted by atomic mass is 9.80. The Morgan fingerprint density at radius 3 is 2.20 bits per heavy atom. The zero-order chi connectivity index (χ0) is 7.40. The summed E-state index contributed by atoms with van der Waals surface area (Å²) in [5.74, 6) is 0.748. The second kappa shape index (κ2) is 3.91. The van der Waals surface area contributed by atoms with Gasteiger partial charge in [0.1, 0.15) is 0 Å². The normalized spacial score (nSPS) is 34.2. The third kappa shape index (κ3) is 1.69. The average molecular weight is 145 g/mol. The lowest BCUT2D eigenvalue weighted by Gasteiger charge is -2.28. The van der Waals surface area contributed by atoms with Gasteiger partial charge in [-0.15, -0.1) is 0 Å². The smallest absolute Gasteiger partial charge is 0.0925 e. The molecule has 0 saturated heterocycles. The number of hydrogen-bond donors (Lipinski definition) is 1. The fraction of sp³-hybridized carbons (Fsp3) is 1.00. The Labute approximate surface area is 61.8 Å². The van der Waals surface area contributed by atoms with Gasteiger partial charge in [-0.3, -0.25) is 4.39 Å². The minimum absolute atomic E-state index is 0.165. The number of rotatable bonds is 2. The molecular weight excluding hydrogens is 129 g/mol. The van der Waals surface area contributed by atoms with E-state index in [4.69, 9.17) is 5.73 Å². The van der Waals surface area contributed by atoms with Crippen LogP contribution in [0.4, 0.5) is 4.39 Å². The molecule has 0 spiro atoms. The molecule has 10 heavy (non-hydrogen) atoms. The molecule has 0 aliphatic heterocycles. The Bertz CT molecular complexity index is 83.3. The van der Waals surface area contributed by atoms with Crippen molar-refractivity contribution in [3.8, 4) is 0 Å². The van der Waals surface area contributed by atoms with Crippen LogP contribution in [0.1, 0.15) is 25.7 Å². The van der Waals surface area contributed by atoms with Crippen LogP contribution in [0.2, 0.25) is 0 Å². The van der Waals surface area contributed by atoms with Crippen LogP contribution in [0.15, 0.2) is 0 Å². The van der Waals surface area contributed by atoms with Gasteiger partial charge in [-0.2, -0.15) is 0 Å². The van der Waals surface area contributed by atoms with E-state index in [1.165, 1.54) is 12.8 Å². The summed E-state index contributed by atoms with van der Waals surface area (Å²) in [4.78, 5) is 0. The maximum atomic E-state index is 12.3. The van der Waals surface area contributed by atoms with Crippen molar-refractivity contribution < 1.29 is 4.39 Å². The lowest BCUT2D eigenvalue weighted by Crippen LogP contribution is -2.27. The summed E-state index contributed by atoms with van der Waals surface area (Å²) in [6, 6.07) is 0. The Morgan fingerprint density at radius 2 is 1.80 bits per heavy atom. The molecule has 1 fully saturated rings. The first-order chi connectivity index (χ1) is 4.88. The van der Waals surface area contributed by atoms with E-state index in [9.17, 15) is 4.39 Å². The van der Waals surface area contributed by atoms with E-state index in [-0.39, 0.29) is 12.6 Å². The highest BCUT2D eigenvalue weighted by molar-refractivity contribution is 4.75. The van der Waals surface area contributed by atoms with Crippen molar-refractivity contribution in [1.29, 1.82) is 0 Å². The van der Waals surface area contributed by atoms with Crippen LogP contribution in [-0.2, 0) is 0 Å². The lowest BCUT2D eigenvalue weighted by molar-refractivity contribution is 0.197. The van der Waals surface area contributed by atoms with Crippen LogP contribution in [0.25, 0.3) is 0 Å². The van der Waals surface area contributed by atoms with Gasteiger partial charge in [-0.25, -0.2) is 0 Å².